The number of benzene rings is 3. The first-order chi connectivity index (χ1) is 20.8. The molecular weight excluding hydrogens is 549 g/mol. The van der Waals surface area contributed by atoms with E-state index in [9.17, 15) is 34.2 Å². The van der Waals surface area contributed by atoms with E-state index in [-0.39, 0.29) is 66.8 Å². The van der Waals surface area contributed by atoms with E-state index in [1.54, 1.807) is 18.2 Å². The maximum Gasteiger partial charge on any atom is 0.141 e. The molecule has 0 radical (unpaired) electrons. The van der Waals surface area contributed by atoms with Crippen molar-refractivity contribution in [3.63, 3.8) is 0 Å². The van der Waals surface area contributed by atoms with Crippen LogP contribution in [0.4, 0.5) is 13.2 Å². The molecule has 0 saturated carbocycles. The van der Waals surface area contributed by atoms with Gasteiger partial charge in [0.15, 0.2) is 0 Å². The highest BCUT2D eigenvalue weighted by Crippen LogP contribution is 2.52. The van der Waals surface area contributed by atoms with Gasteiger partial charge in [-0.25, -0.2) is 13.2 Å². The summed E-state index contributed by atoms with van der Waals surface area (Å²) in [4.78, 5) is 0. The van der Waals surface area contributed by atoms with Crippen molar-refractivity contribution in [1.82, 2.24) is 0 Å². The van der Waals surface area contributed by atoms with Crippen LogP contribution < -0.4 is 0 Å². The summed E-state index contributed by atoms with van der Waals surface area (Å²) < 4.78 is 44.1. The third-order valence-corrected chi connectivity index (χ3v) is 6.96. The summed E-state index contributed by atoms with van der Waals surface area (Å²) in [6, 6.07) is 22.1. The first-order valence-corrected chi connectivity index (χ1v) is 12.3. The molecule has 9 heteroatoms. The highest BCUT2D eigenvalue weighted by molar-refractivity contribution is 6.09. The van der Waals surface area contributed by atoms with E-state index in [2.05, 4.69) is 6.07 Å². The Morgan fingerprint density at radius 3 is 1.37 bits per heavy atom. The zero-order valence-electron chi connectivity index (χ0n) is 21.7. The summed E-state index contributed by atoms with van der Waals surface area (Å²) in [5.41, 5.74) is 0.991. The van der Waals surface area contributed by atoms with Gasteiger partial charge in [0, 0.05) is 11.1 Å². The minimum Gasteiger partial charge on any atom is -0.206 e. The fourth-order valence-electron chi connectivity index (χ4n) is 5.00. The zero-order valence-corrected chi connectivity index (χ0v) is 21.7. The Kier molecular flexibility index (Phi) is 7.03. The van der Waals surface area contributed by atoms with Crippen molar-refractivity contribution in [2.45, 2.75) is 0 Å². The molecule has 0 fully saturated rings. The Morgan fingerprint density at radius 2 is 0.953 bits per heavy atom. The first-order valence-electron chi connectivity index (χ1n) is 12.3. The summed E-state index contributed by atoms with van der Waals surface area (Å²) in [5, 5.41) is 57.5. The van der Waals surface area contributed by atoms with Crippen LogP contribution in [0.15, 0.2) is 94.6 Å². The van der Waals surface area contributed by atoms with Crippen LogP contribution in [0.3, 0.4) is 0 Å². The van der Waals surface area contributed by atoms with Gasteiger partial charge < -0.3 is 0 Å². The molecule has 0 unspecified atom stereocenters. The van der Waals surface area contributed by atoms with Gasteiger partial charge in [0.1, 0.15) is 59.4 Å². The summed E-state index contributed by atoms with van der Waals surface area (Å²) in [7, 11) is 0. The molecule has 0 aromatic heterocycles. The number of nitriles is 6. The molecule has 2 aliphatic carbocycles. The predicted molar refractivity (Wildman–Crippen MR) is 147 cm³/mol. The molecule has 0 spiro atoms. The summed E-state index contributed by atoms with van der Waals surface area (Å²) in [6.07, 6.45) is 3.08. The second kappa shape index (κ2) is 10.9. The Bertz CT molecular complexity index is 2210. The smallest absolute Gasteiger partial charge is 0.141 e. The Labute approximate surface area is 243 Å². The predicted octanol–water partition coefficient (Wildman–Crippen LogP) is 6.83. The average Bonchev–Trinajstić information content (AvgIpc) is 3.55. The van der Waals surface area contributed by atoms with Crippen LogP contribution >= 0.6 is 0 Å². The van der Waals surface area contributed by atoms with Gasteiger partial charge in [-0.1, -0.05) is 18.2 Å². The molecule has 198 valence electrons. The number of hydrogen-bond acceptors (Lipinski definition) is 6. The van der Waals surface area contributed by atoms with Crippen LogP contribution in [-0.2, 0) is 0 Å². The summed E-state index contributed by atoms with van der Waals surface area (Å²) >= 11 is 0. The molecule has 0 bridgehead atoms. The van der Waals surface area contributed by atoms with Crippen LogP contribution in [-0.4, -0.2) is 0 Å². The molecule has 3 aromatic rings. The molecule has 0 aliphatic heterocycles. The third kappa shape index (κ3) is 4.53. The van der Waals surface area contributed by atoms with Gasteiger partial charge in [0.2, 0.25) is 0 Å². The molecule has 0 heterocycles. The van der Waals surface area contributed by atoms with Gasteiger partial charge in [-0.3, -0.25) is 0 Å². The lowest BCUT2D eigenvalue weighted by atomic mass is 9.88. The van der Waals surface area contributed by atoms with Crippen molar-refractivity contribution < 1.29 is 13.2 Å². The molecule has 6 nitrogen and oxygen atoms in total. The van der Waals surface area contributed by atoms with Gasteiger partial charge in [-0.2, -0.15) is 31.6 Å². The molecule has 0 N–H and O–H groups in total. The lowest BCUT2D eigenvalue weighted by Gasteiger charge is -2.14. The van der Waals surface area contributed by atoms with Crippen molar-refractivity contribution >= 4 is 16.7 Å². The minimum absolute atomic E-state index is 0.0669. The van der Waals surface area contributed by atoms with Crippen molar-refractivity contribution in [3.8, 4) is 36.4 Å². The van der Waals surface area contributed by atoms with E-state index >= 15 is 0 Å². The Hall–Kier alpha value is -6.91. The number of nitrogens with zero attached hydrogens (tertiary/aromatic N) is 6. The lowest BCUT2D eigenvalue weighted by molar-refractivity contribution is 0.623. The monoisotopic (exact) mass is 560 g/mol. The maximum atomic E-state index is 14.8. The molecule has 0 atom stereocenters. The highest BCUT2D eigenvalue weighted by atomic mass is 19.1. The molecule has 43 heavy (non-hydrogen) atoms. The Balaban J connectivity index is 1.86. The summed E-state index contributed by atoms with van der Waals surface area (Å²) in [5.74, 6) is -2.53. The topological polar surface area (TPSA) is 143 Å². The fraction of sp³-hybridized carbons (Fsp3) is 0. The molecule has 2 aliphatic rings. The number of hydrogen-bond donors (Lipinski definition) is 0. The standard InChI is InChI=1S/C34H11F3N6/c35-30-7-18(1-4-21(30)12-38)25-10-28-27(33(25)24(15-41)16-42)11-26(19-2-5-22(13-39)31(36)8-19)34(28)29(17-43)20-3-6-23(14-40)32(37)9-20/h1-11H/b34-29+. The summed E-state index contributed by atoms with van der Waals surface area (Å²) in [6.45, 7) is 0. The van der Waals surface area contributed by atoms with E-state index in [0.717, 1.165) is 18.2 Å². The van der Waals surface area contributed by atoms with E-state index in [1.165, 1.54) is 48.6 Å². The van der Waals surface area contributed by atoms with Crippen molar-refractivity contribution in [3.05, 3.63) is 145 Å². The fourth-order valence-corrected chi connectivity index (χ4v) is 5.00. The van der Waals surface area contributed by atoms with Crippen molar-refractivity contribution in [2.75, 3.05) is 0 Å². The second-order valence-electron chi connectivity index (χ2n) is 9.20. The SMILES string of the molecule is N#CC(C#N)=C1C(c2ccc(C#N)c(F)c2)=CC2=C1C=C(c1ccc(C#N)c(F)c1)/C2=C(/C#N)c1ccc(C#N)c(F)c1. The van der Waals surface area contributed by atoms with Crippen molar-refractivity contribution in [2.24, 2.45) is 0 Å². The molecule has 0 saturated heterocycles. The number of allylic oxidation sites excluding steroid dienone is 10. The molecule has 3 aromatic carbocycles. The second-order valence-corrected chi connectivity index (χ2v) is 9.20. The lowest BCUT2D eigenvalue weighted by Crippen LogP contribution is -1.98. The molecule has 5 rings (SSSR count). The van der Waals surface area contributed by atoms with Crippen LogP contribution in [0.2, 0.25) is 0 Å². The maximum absolute atomic E-state index is 14.8. The Morgan fingerprint density at radius 1 is 0.512 bits per heavy atom. The average molecular weight is 560 g/mol. The van der Waals surface area contributed by atoms with Gasteiger partial charge in [-0.15, -0.1) is 0 Å². The van der Waals surface area contributed by atoms with Gasteiger partial charge in [-0.05, 0) is 87.5 Å². The van der Waals surface area contributed by atoms with Crippen LogP contribution in [0.25, 0.3) is 16.7 Å². The van der Waals surface area contributed by atoms with E-state index in [4.69, 9.17) is 10.5 Å². The largest absolute Gasteiger partial charge is 0.206 e. The molecule has 0 amide bonds. The third-order valence-electron chi connectivity index (χ3n) is 6.96. The van der Waals surface area contributed by atoms with Gasteiger partial charge in [0.25, 0.3) is 0 Å². The first kappa shape index (κ1) is 27.6. The van der Waals surface area contributed by atoms with Gasteiger partial charge in [0.05, 0.1) is 22.3 Å². The minimum atomic E-state index is -0.872. The quantitative estimate of drug-likeness (QED) is 0.321. The number of halogens is 3. The normalized spacial score (nSPS) is 14.2. The number of rotatable bonds is 3. The van der Waals surface area contributed by atoms with Crippen LogP contribution in [0, 0.1) is 85.4 Å². The van der Waals surface area contributed by atoms with E-state index in [0.29, 0.717) is 11.1 Å². The molecular formula is C34H11F3N6. The highest BCUT2D eigenvalue weighted by Gasteiger charge is 2.35. The van der Waals surface area contributed by atoms with Crippen LogP contribution in [0.1, 0.15) is 33.4 Å². The van der Waals surface area contributed by atoms with Gasteiger partial charge >= 0.3 is 0 Å². The zero-order chi connectivity index (χ0) is 30.8. The van der Waals surface area contributed by atoms with E-state index in [1.807, 2.05) is 12.1 Å². The van der Waals surface area contributed by atoms with Crippen molar-refractivity contribution in [1.29, 1.82) is 31.6 Å². The van der Waals surface area contributed by atoms with E-state index < -0.39 is 17.5 Å². The van der Waals surface area contributed by atoms with Crippen LogP contribution in [0.5, 0.6) is 0 Å².